The van der Waals surface area contributed by atoms with Gasteiger partial charge in [0.1, 0.15) is 5.82 Å². The Hall–Kier alpha value is -2.67. The number of para-hydroxylation sites is 1. The van der Waals surface area contributed by atoms with Crippen molar-refractivity contribution in [3.8, 4) is 0 Å². The number of benzene rings is 1. The Morgan fingerprint density at radius 2 is 2.08 bits per heavy atom. The molecule has 0 radical (unpaired) electrons. The zero-order chi connectivity index (χ0) is 17.2. The van der Waals surface area contributed by atoms with E-state index in [9.17, 15) is 5.11 Å². The van der Waals surface area contributed by atoms with Crippen LogP contribution in [0.2, 0.25) is 0 Å². The van der Waals surface area contributed by atoms with E-state index < -0.39 is 6.10 Å². The van der Waals surface area contributed by atoms with Crippen LogP contribution >= 0.6 is 0 Å². The minimum Gasteiger partial charge on any atom is -0.391 e. The van der Waals surface area contributed by atoms with Gasteiger partial charge in [0.2, 0.25) is 5.95 Å². The monoisotopic (exact) mass is 338 g/mol. The predicted octanol–water partition coefficient (Wildman–Crippen LogP) is 2.12. The van der Waals surface area contributed by atoms with E-state index in [-0.39, 0.29) is 6.04 Å². The topological polar surface area (TPSA) is 87.9 Å². The molecule has 0 saturated heterocycles. The molecule has 7 heteroatoms. The molecule has 1 saturated carbocycles. The number of aliphatic hydroxyl groups is 1. The number of aromatic nitrogens is 4. The molecule has 3 aromatic rings. The summed E-state index contributed by atoms with van der Waals surface area (Å²) >= 11 is 0. The molecular formula is C18H22N6O. The van der Waals surface area contributed by atoms with Gasteiger partial charge < -0.3 is 15.7 Å². The van der Waals surface area contributed by atoms with Crippen molar-refractivity contribution in [2.75, 3.05) is 17.7 Å². The molecule has 2 aromatic heterocycles. The molecule has 7 nitrogen and oxygen atoms in total. The van der Waals surface area contributed by atoms with Crippen LogP contribution in [0, 0.1) is 5.92 Å². The number of aliphatic hydroxyl groups excluding tert-OH is 1. The van der Waals surface area contributed by atoms with Gasteiger partial charge in [0.05, 0.1) is 17.7 Å². The molecule has 4 rings (SSSR count). The van der Waals surface area contributed by atoms with Crippen molar-refractivity contribution < 1.29 is 5.11 Å². The SMILES string of the molecule is CNc1nc(N[C@@H]2CC(Cn3cccn3)C[C@H]2O)nc2ccccc12. The highest BCUT2D eigenvalue weighted by molar-refractivity contribution is 5.89. The van der Waals surface area contributed by atoms with E-state index in [1.165, 1.54) is 0 Å². The molecular weight excluding hydrogens is 316 g/mol. The van der Waals surface area contributed by atoms with Crippen LogP contribution in [0.1, 0.15) is 12.8 Å². The highest BCUT2D eigenvalue weighted by Crippen LogP contribution is 2.30. The molecule has 3 N–H and O–H groups in total. The van der Waals surface area contributed by atoms with Gasteiger partial charge in [-0.2, -0.15) is 10.1 Å². The molecule has 25 heavy (non-hydrogen) atoms. The predicted molar refractivity (Wildman–Crippen MR) is 97.5 cm³/mol. The second-order valence-electron chi connectivity index (χ2n) is 6.55. The molecule has 1 aliphatic rings. The molecule has 130 valence electrons. The summed E-state index contributed by atoms with van der Waals surface area (Å²) in [4.78, 5) is 9.15. The van der Waals surface area contributed by atoms with Crippen LogP contribution in [-0.4, -0.2) is 44.0 Å². The third-order valence-electron chi connectivity index (χ3n) is 4.79. The number of rotatable bonds is 5. The molecule has 0 aliphatic heterocycles. The standard InChI is InChI=1S/C18H22N6O/c1-19-17-13-5-2-3-6-14(13)21-18(23-17)22-15-9-12(10-16(15)25)11-24-8-4-7-20-24/h2-8,12,15-16,25H,9-11H2,1H3,(H2,19,21,22,23)/t12?,15-,16-/m1/s1. The Morgan fingerprint density at radius 3 is 2.88 bits per heavy atom. The smallest absolute Gasteiger partial charge is 0.225 e. The number of hydrogen-bond acceptors (Lipinski definition) is 6. The lowest BCUT2D eigenvalue weighted by atomic mass is 10.1. The zero-order valence-corrected chi connectivity index (χ0v) is 14.1. The van der Waals surface area contributed by atoms with Crippen LogP contribution < -0.4 is 10.6 Å². The Bertz CT molecular complexity index is 850. The molecule has 1 aliphatic carbocycles. The molecule has 0 spiro atoms. The number of nitrogens with one attached hydrogen (secondary N) is 2. The normalized spacial score (nSPS) is 23.0. The van der Waals surface area contributed by atoms with Gasteiger partial charge in [-0.05, 0) is 37.0 Å². The summed E-state index contributed by atoms with van der Waals surface area (Å²) in [5.74, 6) is 1.72. The van der Waals surface area contributed by atoms with Gasteiger partial charge in [0, 0.05) is 31.4 Å². The first-order chi connectivity index (χ1) is 12.2. The minimum atomic E-state index is -0.409. The quantitative estimate of drug-likeness (QED) is 0.660. The van der Waals surface area contributed by atoms with Gasteiger partial charge in [-0.15, -0.1) is 0 Å². The lowest BCUT2D eigenvalue weighted by Gasteiger charge is -2.17. The molecule has 1 unspecified atom stereocenters. The minimum absolute atomic E-state index is 0.0496. The van der Waals surface area contributed by atoms with Crippen LogP contribution in [0.5, 0.6) is 0 Å². The fraction of sp³-hybridized carbons (Fsp3) is 0.389. The van der Waals surface area contributed by atoms with E-state index in [2.05, 4.69) is 25.7 Å². The number of fused-ring (bicyclic) bond motifs is 1. The van der Waals surface area contributed by atoms with E-state index in [1.807, 2.05) is 48.3 Å². The molecule has 1 aromatic carbocycles. The Kier molecular flexibility index (Phi) is 4.23. The lowest BCUT2D eigenvalue weighted by Crippen LogP contribution is -2.29. The maximum absolute atomic E-state index is 10.4. The van der Waals surface area contributed by atoms with Gasteiger partial charge in [-0.1, -0.05) is 12.1 Å². The summed E-state index contributed by atoms with van der Waals surface area (Å²) in [6, 6.07) is 9.77. The van der Waals surface area contributed by atoms with Crippen molar-refractivity contribution >= 4 is 22.7 Å². The summed E-state index contributed by atoms with van der Waals surface area (Å²) in [5, 5.41) is 22.1. The summed E-state index contributed by atoms with van der Waals surface area (Å²) in [7, 11) is 1.85. The van der Waals surface area contributed by atoms with Crippen molar-refractivity contribution in [3.05, 3.63) is 42.7 Å². The Morgan fingerprint density at radius 1 is 1.20 bits per heavy atom. The van der Waals surface area contributed by atoms with E-state index >= 15 is 0 Å². The lowest BCUT2D eigenvalue weighted by molar-refractivity contribution is 0.165. The maximum Gasteiger partial charge on any atom is 0.225 e. The van der Waals surface area contributed by atoms with Gasteiger partial charge in [-0.3, -0.25) is 4.68 Å². The second kappa shape index (κ2) is 6.68. The Labute approximate surface area is 146 Å². The van der Waals surface area contributed by atoms with Crippen LogP contribution in [0.3, 0.4) is 0 Å². The summed E-state index contributed by atoms with van der Waals surface area (Å²) in [6.45, 7) is 0.822. The summed E-state index contributed by atoms with van der Waals surface area (Å²) < 4.78 is 1.92. The van der Waals surface area contributed by atoms with Gasteiger partial charge in [0.25, 0.3) is 0 Å². The average molecular weight is 338 g/mol. The average Bonchev–Trinajstić information content (AvgIpc) is 3.24. The highest BCUT2D eigenvalue weighted by Gasteiger charge is 2.33. The van der Waals surface area contributed by atoms with Crippen molar-refractivity contribution in [2.24, 2.45) is 5.92 Å². The second-order valence-corrected chi connectivity index (χ2v) is 6.55. The van der Waals surface area contributed by atoms with Crippen molar-refractivity contribution in [1.29, 1.82) is 0 Å². The van der Waals surface area contributed by atoms with E-state index in [1.54, 1.807) is 6.20 Å². The van der Waals surface area contributed by atoms with Crippen molar-refractivity contribution in [1.82, 2.24) is 19.7 Å². The summed E-state index contributed by atoms with van der Waals surface area (Å²) in [5.41, 5.74) is 0.880. The number of nitrogens with zero attached hydrogens (tertiary/aromatic N) is 4. The van der Waals surface area contributed by atoms with Gasteiger partial charge in [-0.25, -0.2) is 4.98 Å². The first-order valence-corrected chi connectivity index (χ1v) is 8.59. The first kappa shape index (κ1) is 15.8. The first-order valence-electron chi connectivity index (χ1n) is 8.59. The van der Waals surface area contributed by atoms with Gasteiger partial charge >= 0.3 is 0 Å². The molecule has 0 bridgehead atoms. The zero-order valence-electron chi connectivity index (χ0n) is 14.1. The van der Waals surface area contributed by atoms with Crippen molar-refractivity contribution in [2.45, 2.75) is 31.5 Å². The maximum atomic E-state index is 10.4. The Balaban J connectivity index is 1.51. The molecule has 2 heterocycles. The van der Waals surface area contributed by atoms with Crippen LogP contribution in [0.25, 0.3) is 10.9 Å². The largest absolute Gasteiger partial charge is 0.391 e. The van der Waals surface area contributed by atoms with E-state index in [0.29, 0.717) is 11.9 Å². The summed E-state index contributed by atoms with van der Waals surface area (Å²) in [6.07, 6.45) is 4.95. The number of hydrogen-bond donors (Lipinski definition) is 3. The fourth-order valence-electron chi connectivity index (χ4n) is 3.59. The van der Waals surface area contributed by atoms with E-state index in [4.69, 9.17) is 0 Å². The number of anilines is 2. The fourth-order valence-corrected chi connectivity index (χ4v) is 3.59. The third-order valence-corrected chi connectivity index (χ3v) is 4.79. The third kappa shape index (κ3) is 3.28. The highest BCUT2D eigenvalue weighted by atomic mass is 16.3. The van der Waals surface area contributed by atoms with Crippen LogP contribution in [0.15, 0.2) is 42.7 Å². The molecule has 1 fully saturated rings. The van der Waals surface area contributed by atoms with Gasteiger partial charge in [0.15, 0.2) is 0 Å². The van der Waals surface area contributed by atoms with Crippen LogP contribution in [-0.2, 0) is 6.54 Å². The molecule has 0 amide bonds. The van der Waals surface area contributed by atoms with Crippen molar-refractivity contribution in [3.63, 3.8) is 0 Å². The van der Waals surface area contributed by atoms with E-state index in [0.717, 1.165) is 36.1 Å². The van der Waals surface area contributed by atoms with Crippen LogP contribution in [0.4, 0.5) is 11.8 Å². The molecule has 3 atom stereocenters.